The summed E-state index contributed by atoms with van der Waals surface area (Å²) < 4.78 is 27.6. The van der Waals surface area contributed by atoms with E-state index in [1.807, 2.05) is 26.8 Å². The second kappa shape index (κ2) is 8.09. The van der Waals surface area contributed by atoms with Gasteiger partial charge in [-0.25, -0.2) is 4.79 Å². The summed E-state index contributed by atoms with van der Waals surface area (Å²) in [5.74, 6) is 0.239. The van der Waals surface area contributed by atoms with Crippen LogP contribution >= 0.6 is 10.8 Å². The molecule has 0 aromatic heterocycles. The maximum absolute atomic E-state index is 12.3. The first-order valence-electron chi connectivity index (χ1n) is 8.43. The molecule has 0 bridgehead atoms. The van der Waals surface area contributed by atoms with E-state index in [4.69, 9.17) is 4.74 Å². The normalized spacial score (nSPS) is 18.3. The lowest BCUT2D eigenvalue weighted by molar-refractivity contribution is 0.0459. The molecule has 1 aliphatic rings. The van der Waals surface area contributed by atoms with Crippen LogP contribution in [0.2, 0.25) is 0 Å². The summed E-state index contributed by atoms with van der Waals surface area (Å²) in [6.07, 6.45) is 1.70. The highest BCUT2D eigenvalue weighted by Gasteiger charge is 2.27. The number of carbonyl (C=O) groups excluding carboxylic acids is 1. The minimum Gasteiger partial charge on any atom is -0.462 e. The molecular weight excluding hydrogens is 328 g/mol. The van der Waals surface area contributed by atoms with E-state index in [9.17, 15) is 13.9 Å². The number of anilines is 2. The molecule has 136 valence electrons. The molecule has 2 rings (SSSR count). The van der Waals surface area contributed by atoms with E-state index < -0.39 is 16.7 Å². The molecular formula is C17H28N2O4S. The molecule has 1 aromatic rings. The third-order valence-corrected chi connectivity index (χ3v) is 5.69. The largest absolute Gasteiger partial charge is 0.462 e. The van der Waals surface area contributed by atoms with E-state index in [1.54, 1.807) is 16.4 Å². The molecule has 0 saturated carbocycles. The van der Waals surface area contributed by atoms with Gasteiger partial charge in [-0.15, -0.1) is 10.8 Å². The van der Waals surface area contributed by atoms with Crippen molar-refractivity contribution < 1.29 is 18.6 Å². The van der Waals surface area contributed by atoms with Crippen LogP contribution in [0.25, 0.3) is 0 Å². The second-order valence-electron chi connectivity index (χ2n) is 6.44. The van der Waals surface area contributed by atoms with E-state index in [0.717, 1.165) is 18.5 Å². The molecule has 1 aliphatic heterocycles. The molecule has 1 fully saturated rings. The van der Waals surface area contributed by atoms with Crippen LogP contribution < -0.4 is 9.62 Å². The van der Waals surface area contributed by atoms with Crippen molar-refractivity contribution in [1.29, 1.82) is 0 Å². The summed E-state index contributed by atoms with van der Waals surface area (Å²) in [4.78, 5) is 12.3. The van der Waals surface area contributed by atoms with Crippen molar-refractivity contribution in [2.24, 2.45) is 5.92 Å². The Balaban J connectivity index is 2.31. The quantitative estimate of drug-likeness (QED) is 0.663. The summed E-state index contributed by atoms with van der Waals surface area (Å²) in [7, 11) is -2.82. The first-order valence-corrected chi connectivity index (χ1v) is 10.1. The van der Waals surface area contributed by atoms with E-state index in [1.165, 1.54) is 0 Å². The van der Waals surface area contributed by atoms with Crippen molar-refractivity contribution in [3.8, 4) is 0 Å². The van der Waals surface area contributed by atoms with Crippen LogP contribution in [0, 0.1) is 5.92 Å². The number of ether oxygens (including phenoxy) is 1. The zero-order chi connectivity index (χ0) is 17.7. The number of hydrogen-bond donors (Lipinski definition) is 3. The van der Waals surface area contributed by atoms with Gasteiger partial charge in [0.2, 0.25) is 0 Å². The molecule has 1 aromatic carbocycles. The van der Waals surface area contributed by atoms with Crippen molar-refractivity contribution in [3.63, 3.8) is 0 Å². The number of hydrogen-bond acceptors (Lipinski definition) is 6. The zero-order valence-electron chi connectivity index (χ0n) is 14.6. The Morgan fingerprint density at radius 1 is 1.33 bits per heavy atom. The molecule has 0 spiro atoms. The first-order chi connectivity index (χ1) is 11.3. The van der Waals surface area contributed by atoms with Gasteiger partial charge >= 0.3 is 5.97 Å². The van der Waals surface area contributed by atoms with Crippen LogP contribution in [0.15, 0.2) is 18.2 Å². The van der Waals surface area contributed by atoms with Gasteiger partial charge < -0.3 is 10.1 Å². The minimum absolute atomic E-state index is 0.263. The van der Waals surface area contributed by atoms with Crippen LogP contribution in [0.4, 0.5) is 11.4 Å². The smallest absolute Gasteiger partial charge is 0.338 e. The summed E-state index contributed by atoms with van der Waals surface area (Å²) in [6.45, 7) is 7.57. The van der Waals surface area contributed by atoms with Gasteiger partial charge in [-0.2, -0.15) is 0 Å². The number of nitrogens with one attached hydrogen (secondary N) is 1. The van der Waals surface area contributed by atoms with Crippen molar-refractivity contribution in [2.45, 2.75) is 33.6 Å². The Bertz CT molecular complexity index is 578. The molecule has 3 N–H and O–H groups in total. The van der Waals surface area contributed by atoms with E-state index in [2.05, 4.69) is 5.32 Å². The average Bonchev–Trinajstić information content (AvgIpc) is 2.52. The van der Waals surface area contributed by atoms with Gasteiger partial charge in [-0.1, -0.05) is 13.8 Å². The van der Waals surface area contributed by atoms with Crippen molar-refractivity contribution in [1.82, 2.24) is 0 Å². The van der Waals surface area contributed by atoms with Gasteiger partial charge in [0.25, 0.3) is 0 Å². The van der Waals surface area contributed by atoms with E-state index >= 15 is 0 Å². The van der Waals surface area contributed by atoms with Gasteiger partial charge in [0.05, 0.1) is 23.6 Å². The van der Waals surface area contributed by atoms with E-state index in [0.29, 0.717) is 36.7 Å². The number of benzene rings is 1. The molecule has 6 nitrogen and oxygen atoms in total. The number of esters is 1. The highest BCUT2D eigenvalue weighted by Crippen LogP contribution is 2.50. The summed E-state index contributed by atoms with van der Waals surface area (Å²) in [5.41, 5.74) is 1.83. The third-order valence-electron chi connectivity index (χ3n) is 3.75. The van der Waals surface area contributed by atoms with Crippen LogP contribution in [0.1, 0.15) is 44.0 Å². The van der Waals surface area contributed by atoms with Gasteiger partial charge in [0.1, 0.15) is 0 Å². The lowest BCUT2D eigenvalue weighted by Crippen LogP contribution is -2.34. The summed E-state index contributed by atoms with van der Waals surface area (Å²) in [5, 5.41) is 3.19. The standard InChI is InChI=1S/C17H28N2O4S/c1-4-18-15-9-14(17(20)23-12-13(2)3)10-16(11-15)19-7-5-6-8-24(19,21)22/h9-11,13,18,21-22H,4-8,12H2,1-3H3. The Morgan fingerprint density at radius 3 is 2.71 bits per heavy atom. The van der Waals surface area contributed by atoms with Gasteiger partial charge in [-0.05, 0) is 43.9 Å². The maximum atomic E-state index is 12.3. The Hall–Kier alpha value is -1.44. The second-order valence-corrected chi connectivity index (χ2v) is 8.55. The lowest BCUT2D eigenvalue weighted by Gasteiger charge is -2.47. The van der Waals surface area contributed by atoms with Crippen LogP contribution in [-0.4, -0.2) is 40.5 Å². The predicted octanol–water partition coefficient (Wildman–Crippen LogP) is 4.20. The SMILES string of the molecule is CCNc1cc(C(=O)OCC(C)C)cc(N2CCCCS2(O)O)c1. The molecule has 0 atom stereocenters. The fraction of sp³-hybridized carbons (Fsp3) is 0.588. The van der Waals surface area contributed by atoms with Crippen molar-refractivity contribution in [3.05, 3.63) is 23.8 Å². The highest BCUT2D eigenvalue weighted by molar-refractivity contribution is 8.25. The fourth-order valence-electron chi connectivity index (χ4n) is 2.61. The molecule has 1 saturated heterocycles. The topological polar surface area (TPSA) is 82.0 Å². The molecule has 0 aliphatic carbocycles. The molecule has 0 unspecified atom stereocenters. The molecule has 1 heterocycles. The van der Waals surface area contributed by atoms with Gasteiger partial charge in [0.15, 0.2) is 0 Å². The lowest BCUT2D eigenvalue weighted by atomic mass is 10.1. The third kappa shape index (κ3) is 4.78. The van der Waals surface area contributed by atoms with Crippen molar-refractivity contribution >= 4 is 28.1 Å². The monoisotopic (exact) mass is 356 g/mol. The van der Waals surface area contributed by atoms with Crippen molar-refractivity contribution in [2.75, 3.05) is 35.1 Å². The maximum Gasteiger partial charge on any atom is 0.338 e. The number of nitrogens with zero attached hydrogens (tertiary/aromatic N) is 1. The molecule has 0 amide bonds. The first kappa shape index (κ1) is 18.9. The van der Waals surface area contributed by atoms with E-state index in [-0.39, 0.29) is 5.92 Å². The van der Waals surface area contributed by atoms with Gasteiger partial charge in [0, 0.05) is 18.8 Å². The summed E-state index contributed by atoms with van der Waals surface area (Å²) >= 11 is 0. The molecule has 24 heavy (non-hydrogen) atoms. The molecule has 0 radical (unpaired) electrons. The fourth-order valence-corrected chi connectivity index (χ4v) is 4.29. The predicted molar refractivity (Wildman–Crippen MR) is 100 cm³/mol. The Kier molecular flexibility index (Phi) is 6.37. The Morgan fingerprint density at radius 2 is 2.08 bits per heavy atom. The van der Waals surface area contributed by atoms with Crippen LogP contribution in [-0.2, 0) is 4.74 Å². The summed E-state index contributed by atoms with van der Waals surface area (Å²) in [6, 6.07) is 5.27. The van der Waals surface area contributed by atoms with Gasteiger partial charge in [-0.3, -0.25) is 13.4 Å². The van der Waals surface area contributed by atoms with Crippen LogP contribution in [0.3, 0.4) is 0 Å². The van der Waals surface area contributed by atoms with Crippen LogP contribution in [0.5, 0.6) is 0 Å². The average molecular weight is 356 g/mol. The molecule has 7 heteroatoms. The Labute approximate surface area is 145 Å². The number of carbonyl (C=O) groups is 1. The zero-order valence-corrected chi connectivity index (χ0v) is 15.4. The number of rotatable bonds is 6. The minimum atomic E-state index is -2.82. The highest BCUT2D eigenvalue weighted by atomic mass is 32.3.